The average molecular weight is 444 g/mol. The monoisotopic (exact) mass is 443 g/mol. The standard InChI is InChI=1S/C25H25N5O3/c1-18-17-29(11-13-32-18)24-10-9-19(15-26-24)16-27-25(31)22-14-21(23-8-5-12-33-23)28-30(22)20-6-3-2-4-7-20/h2-10,12,14-15,18H,11,13,16-17H2,1H3,(H,27,31). The van der Waals surface area contributed by atoms with Gasteiger partial charge in [0.1, 0.15) is 17.2 Å². The van der Waals surface area contributed by atoms with Crippen molar-refractivity contribution >= 4 is 11.7 Å². The van der Waals surface area contributed by atoms with E-state index in [9.17, 15) is 4.79 Å². The maximum absolute atomic E-state index is 13.1. The van der Waals surface area contributed by atoms with E-state index in [-0.39, 0.29) is 12.0 Å². The molecule has 1 aromatic carbocycles. The molecule has 1 atom stereocenters. The molecular formula is C25H25N5O3. The van der Waals surface area contributed by atoms with Crippen LogP contribution in [0.1, 0.15) is 23.0 Å². The topological polar surface area (TPSA) is 85.4 Å². The Bertz CT molecular complexity index is 1200. The fourth-order valence-corrected chi connectivity index (χ4v) is 3.86. The molecule has 8 nitrogen and oxygen atoms in total. The van der Waals surface area contributed by atoms with Crippen molar-refractivity contribution < 1.29 is 13.9 Å². The van der Waals surface area contributed by atoms with Gasteiger partial charge in [0, 0.05) is 31.9 Å². The summed E-state index contributed by atoms with van der Waals surface area (Å²) in [6.07, 6.45) is 3.59. The lowest BCUT2D eigenvalue weighted by atomic mass is 10.2. The second-order valence-corrected chi connectivity index (χ2v) is 7.97. The molecule has 1 aliphatic rings. The van der Waals surface area contributed by atoms with E-state index in [1.54, 1.807) is 29.3 Å². The summed E-state index contributed by atoms with van der Waals surface area (Å²) in [5, 5.41) is 7.59. The summed E-state index contributed by atoms with van der Waals surface area (Å²) in [6, 6.07) is 18.9. The van der Waals surface area contributed by atoms with Crippen LogP contribution in [0.25, 0.3) is 17.1 Å². The summed E-state index contributed by atoms with van der Waals surface area (Å²) in [6.45, 7) is 4.78. The lowest BCUT2D eigenvalue weighted by Crippen LogP contribution is -2.41. The first-order valence-corrected chi connectivity index (χ1v) is 11.0. The van der Waals surface area contributed by atoms with Gasteiger partial charge in [0.2, 0.25) is 0 Å². The molecule has 0 saturated carbocycles. The van der Waals surface area contributed by atoms with E-state index in [0.717, 1.165) is 30.2 Å². The molecule has 168 valence electrons. The van der Waals surface area contributed by atoms with Crippen molar-refractivity contribution in [2.24, 2.45) is 0 Å². The van der Waals surface area contributed by atoms with Crippen molar-refractivity contribution in [1.82, 2.24) is 20.1 Å². The van der Waals surface area contributed by atoms with Crippen molar-refractivity contribution in [3.05, 3.63) is 84.4 Å². The minimum absolute atomic E-state index is 0.194. The number of benzene rings is 1. The molecule has 5 rings (SSSR count). The average Bonchev–Trinajstić information content (AvgIpc) is 3.54. The molecule has 0 radical (unpaired) electrons. The summed E-state index contributed by atoms with van der Waals surface area (Å²) in [7, 11) is 0. The van der Waals surface area contributed by atoms with Gasteiger partial charge in [0.25, 0.3) is 5.91 Å². The number of ether oxygens (including phenoxy) is 1. The molecule has 0 aliphatic carbocycles. The first kappa shape index (κ1) is 21.0. The molecule has 8 heteroatoms. The van der Waals surface area contributed by atoms with Gasteiger partial charge in [-0.1, -0.05) is 24.3 Å². The van der Waals surface area contributed by atoms with E-state index >= 15 is 0 Å². The highest BCUT2D eigenvalue weighted by molar-refractivity contribution is 5.94. The highest BCUT2D eigenvalue weighted by Crippen LogP contribution is 2.22. The van der Waals surface area contributed by atoms with Gasteiger partial charge in [-0.25, -0.2) is 9.67 Å². The van der Waals surface area contributed by atoms with Crippen molar-refractivity contribution in [3.8, 4) is 17.1 Å². The van der Waals surface area contributed by atoms with Crippen LogP contribution < -0.4 is 10.2 Å². The largest absolute Gasteiger partial charge is 0.463 e. The molecule has 4 aromatic rings. The number of hydrogen-bond donors (Lipinski definition) is 1. The van der Waals surface area contributed by atoms with Gasteiger partial charge in [-0.3, -0.25) is 4.79 Å². The number of morpholine rings is 1. The zero-order chi connectivity index (χ0) is 22.6. The number of hydrogen-bond acceptors (Lipinski definition) is 6. The molecule has 1 aliphatic heterocycles. The lowest BCUT2D eigenvalue weighted by molar-refractivity contribution is 0.0529. The maximum atomic E-state index is 13.1. The Balaban J connectivity index is 1.31. The fourth-order valence-electron chi connectivity index (χ4n) is 3.86. The number of nitrogens with one attached hydrogen (secondary N) is 1. The Morgan fingerprint density at radius 1 is 1.15 bits per heavy atom. The van der Waals surface area contributed by atoms with Crippen LogP contribution in [0.3, 0.4) is 0 Å². The van der Waals surface area contributed by atoms with Gasteiger partial charge in [-0.15, -0.1) is 0 Å². The molecule has 4 heterocycles. The van der Waals surface area contributed by atoms with E-state index in [0.29, 0.717) is 30.3 Å². The molecule has 1 fully saturated rings. The van der Waals surface area contributed by atoms with Gasteiger partial charge in [-0.05, 0) is 42.8 Å². The van der Waals surface area contributed by atoms with Crippen LogP contribution in [0.15, 0.2) is 77.5 Å². The third kappa shape index (κ3) is 4.65. The third-order valence-electron chi connectivity index (χ3n) is 5.54. The Labute approximate surface area is 191 Å². The molecular weight excluding hydrogens is 418 g/mol. The molecule has 0 bridgehead atoms. The van der Waals surface area contributed by atoms with Crippen LogP contribution in [-0.2, 0) is 11.3 Å². The Kier molecular flexibility index (Phi) is 5.91. The number of carbonyl (C=O) groups excluding carboxylic acids is 1. The molecule has 3 aromatic heterocycles. The minimum Gasteiger partial charge on any atom is -0.463 e. The van der Waals surface area contributed by atoms with E-state index in [1.165, 1.54) is 0 Å². The van der Waals surface area contributed by atoms with Crippen molar-refractivity contribution in [2.45, 2.75) is 19.6 Å². The quantitative estimate of drug-likeness (QED) is 0.489. The van der Waals surface area contributed by atoms with Crippen LogP contribution in [0.5, 0.6) is 0 Å². The number of pyridine rings is 1. The molecule has 1 saturated heterocycles. The SMILES string of the molecule is CC1CN(c2ccc(CNC(=O)c3cc(-c4ccco4)nn3-c3ccccc3)cn2)CCO1. The highest BCUT2D eigenvalue weighted by Gasteiger charge is 2.20. The van der Waals surface area contributed by atoms with E-state index in [1.807, 2.05) is 48.5 Å². The van der Waals surface area contributed by atoms with Crippen LogP contribution in [0.2, 0.25) is 0 Å². The van der Waals surface area contributed by atoms with Crippen LogP contribution in [0.4, 0.5) is 5.82 Å². The Hall–Kier alpha value is -3.91. The number of furan rings is 1. The van der Waals surface area contributed by atoms with Crippen LogP contribution in [-0.4, -0.2) is 46.5 Å². The summed E-state index contributed by atoms with van der Waals surface area (Å²) in [5.74, 6) is 1.30. The minimum atomic E-state index is -0.227. The van der Waals surface area contributed by atoms with E-state index in [4.69, 9.17) is 9.15 Å². The number of carbonyl (C=O) groups is 1. The zero-order valence-electron chi connectivity index (χ0n) is 18.3. The predicted octanol–water partition coefficient (Wildman–Crippen LogP) is 3.68. The number of nitrogens with zero attached hydrogens (tertiary/aromatic N) is 4. The molecule has 1 amide bonds. The summed E-state index contributed by atoms with van der Waals surface area (Å²) >= 11 is 0. The normalized spacial score (nSPS) is 16.0. The van der Waals surface area contributed by atoms with Crippen LogP contribution >= 0.6 is 0 Å². The predicted molar refractivity (Wildman–Crippen MR) is 124 cm³/mol. The van der Waals surface area contributed by atoms with Gasteiger partial charge in [0.05, 0.1) is 24.7 Å². The number of rotatable bonds is 6. The number of para-hydroxylation sites is 1. The third-order valence-corrected chi connectivity index (χ3v) is 5.54. The molecule has 33 heavy (non-hydrogen) atoms. The second kappa shape index (κ2) is 9.30. The van der Waals surface area contributed by atoms with Crippen molar-refractivity contribution in [1.29, 1.82) is 0 Å². The summed E-state index contributed by atoms with van der Waals surface area (Å²) in [4.78, 5) is 19.9. The van der Waals surface area contributed by atoms with E-state index < -0.39 is 0 Å². The number of amides is 1. The number of aromatic nitrogens is 3. The second-order valence-electron chi connectivity index (χ2n) is 7.97. The zero-order valence-corrected chi connectivity index (χ0v) is 18.3. The first-order chi connectivity index (χ1) is 16.2. The summed E-state index contributed by atoms with van der Waals surface area (Å²) < 4.78 is 12.7. The number of anilines is 1. The van der Waals surface area contributed by atoms with Crippen molar-refractivity contribution in [2.75, 3.05) is 24.6 Å². The molecule has 1 N–H and O–H groups in total. The van der Waals surface area contributed by atoms with Gasteiger partial charge >= 0.3 is 0 Å². The summed E-state index contributed by atoms with van der Waals surface area (Å²) in [5.41, 5.74) is 2.75. The lowest BCUT2D eigenvalue weighted by Gasteiger charge is -2.32. The smallest absolute Gasteiger partial charge is 0.270 e. The van der Waals surface area contributed by atoms with Crippen LogP contribution in [0, 0.1) is 0 Å². The highest BCUT2D eigenvalue weighted by atomic mass is 16.5. The van der Waals surface area contributed by atoms with Crippen molar-refractivity contribution in [3.63, 3.8) is 0 Å². The molecule has 0 spiro atoms. The van der Waals surface area contributed by atoms with E-state index in [2.05, 4.69) is 27.2 Å². The van der Waals surface area contributed by atoms with Gasteiger partial charge < -0.3 is 19.4 Å². The Morgan fingerprint density at radius 3 is 2.76 bits per heavy atom. The van der Waals surface area contributed by atoms with Gasteiger partial charge in [0.15, 0.2) is 5.76 Å². The molecule has 1 unspecified atom stereocenters. The fraction of sp³-hybridized carbons (Fsp3) is 0.240. The first-order valence-electron chi connectivity index (χ1n) is 11.0. The van der Waals surface area contributed by atoms with Gasteiger partial charge in [-0.2, -0.15) is 5.10 Å². The Morgan fingerprint density at radius 2 is 2.03 bits per heavy atom. The maximum Gasteiger partial charge on any atom is 0.270 e.